The normalized spacial score (nSPS) is 24.3. The molecule has 2 aliphatic heterocycles. The summed E-state index contributed by atoms with van der Waals surface area (Å²) in [6.07, 6.45) is 2.63. The largest absolute Gasteiger partial charge is 0.493 e. The van der Waals surface area contributed by atoms with Crippen molar-refractivity contribution in [2.24, 2.45) is 11.8 Å². The van der Waals surface area contributed by atoms with Crippen molar-refractivity contribution in [3.05, 3.63) is 23.3 Å². The van der Waals surface area contributed by atoms with E-state index < -0.39 is 0 Å². The van der Waals surface area contributed by atoms with Crippen LogP contribution in [-0.4, -0.2) is 38.0 Å². The van der Waals surface area contributed by atoms with Gasteiger partial charge < -0.3 is 9.47 Å². The highest BCUT2D eigenvalue weighted by Gasteiger charge is 2.38. The van der Waals surface area contributed by atoms with Crippen molar-refractivity contribution in [2.45, 2.75) is 39.2 Å². The first-order valence-corrected chi connectivity index (χ1v) is 8.55. The van der Waals surface area contributed by atoms with Crippen LogP contribution in [0.1, 0.15) is 43.9 Å². The van der Waals surface area contributed by atoms with Gasteiger partial charge in [-0.15, -0.1) is 0 Å². The second-order valence-corrected chi connectivity index (χ2v) is 7.16. The Kier molecular flexibility index (Phi) is 4.62. The number of rotatable bonds is 4. The van der Waals surface area contributed by atoms with Gasteiger partial charge in [-0.05, 0) is 42.0 Å². The Morgan fingerprint density at radius 3 is 2.57 bits per heavy atom. The summed E-state index contributed by atoms with van der Waals surface area (Å²) in [6, 6.07) is 4.35. The predicted molar refractivity (Wildman–Crippen MR) is 90.1 cm³/mol. The van der Waals surface area contributed by atoms with Gasteiger partial charge >= 0.3 is 0 Å². The lowest BCUT2D eigenvalue weighted by Crippen LogP contribution is -2.46. The van der Waals surface area contributed by atoms with E-state index in [2.05, 4.69) is 30.9 Å². The number of hydrogen-bond donors (Lipinski definition) is 0. The summed E-state index contributed by atoms with van der Waals surface area (Å²) in [6.45, 7) is 6.31. The Balaban J connectivity index is 1.89. The van der Waals surface area contributed by atoms with Crippen molar-refractivity contribution in [2.75, 3.05) is 27.3 Å². The first-order valence-electron chi connectivity index (χ1n) is 8.55. The van der Waals surface area contributed by atoms with Crippen molar-refractivity contribution in [3.63, 3.8) is 0 Å². The molecule has 0 radical (unpaired) electrons. The van der Waals surface area contributed by atoms with E-state index >= 15 is 0 Å². The monoisotopic (exact) mass is 317 g/mol. The van der Waals surface area contributed by atoms with Crippen LogP contribution in [0.4, 0.5) is 0 Å². The van der Waals surface area contributed by atoms with Gasteiger partial charge in [0.15, 0.2) is 11.5 Å². The molecule has 0 aliphatic carbocycles. The van der Waals surface area contributed by atoms with E-state index in [0.717, 1.165) is 37.4 Å². The van der Waals surface area contributed by atoms with Crippen LogP contribution in [-0.2, 0) is 11.2 Å². The van der Waals surface area contributed by atoms with Crippen molar-refractivity contribution >= 4 is 5.78 Å². The Morgan fingerprint density at radius 2 is 1.91 bits per heavy atom. The number of piperidine rings is 1. The smallest absolute Gasteiger partial charge is 0.161 e. The highest BCUT2D eigenvalue weighted by atomic mass is 16.5. The first-order chi connectivity index (χ1) is 11.0. The number of methoxy groups -OCH3 is 2. The van der Waals surface area contributed by atoms with Crippen LogP contribution >= 0.6 is 0 Å². The summed E-state index contributed by atoms with van der Waals surface area (Å²) in [5, 5.41) is 0. The summed E-state index contributed by atoms with van der Waals surface area (Å²) in [4.78, 5) is 15.1. The molecule has 0 amide bonds. The molecule has 1 aromatic carbocycles. The van der Waals surface area contributed by atoms with E-state index in [1.165, 1.54) is 11.1 Å². The van der Waals surface area contributed by atoms with Gasteiger partial charge in [-0.25, -0.2) is 0 Å². The molecule has 2 atom stereocenters. The minimum atomic E-state index is 0.202. The van der Waals surface area contributed by atoms with Crippen LogP contribution in [0.15, 0.2) is 12.1 Å². The minimum Gasteiger partial charge on any atom is -0.493 e. The molecule has 1 saturated heterocycles. The number of benzene rings is 1. The first kappa shape index (κ1) is 16.3. The van der Waals surface area contributed by atoms with Crippen LogP contribution in [0.3, 0.4) is 0 Å². The molecule has 2 aliphatic rings. The van der Waals surface area contributed by atoms with Gasteiger partial charge in [0.1, 0.15) is 5.78 Å². The lowest BCUT2D eigenvalue weighted by molar-refractivity contribution is -0.129. The fourth-order valence-corrected chi connectivity index (χ4v) is 4.05. The second-order valence-electron chi connectivity index (χ2n) is 7.16. The second kappa shape index (κ2) is 6.52. The van der Waals surface area contributed by atoms with E-state index in [1.807, 2.05) is 0 Å². The molecule has 1 fully saturated rings. The number of Topliss-reactive ketones (excluding diaryl/α,β-unsaturated/α-hetero) is 1. The maximum atomic E-state index is 12.6. The van der Waals surface area contributed by atoms with E-state index in [1.54, 1.807) is 14.2 Å². The lowest BCUT2D eigenvalue weighted by Gasteiger charge is -2.43. The van der Waals surface area contributed by atoms with Crippen molar-refractivity contribution in [1.29, 1.82) is 0 Å². The van der Waals surface area contributed by atoms with Gasteiger partial charge in [0.05, 0.1) is 14.2 Å². The van der Waals surface area contributed by atoms with Gasteiger partial charge in [0.2, 0.25) is 0 Å². The molecule has 4 nitrogen and oxygen atoms in total. The fraction of sp³-hybridized carbons (Fsp3) is 0.632. The molecule has 0 N–H and O–H groups in total. The molecular weight excluding hydrogens is 290 g/mol. The molecular formula is C19H27NO3. The van der Waals surface area contributed by atoms with Gasteiger partial charge in [-0.1, -0.05) is 13.8 Å². The molecule has 1 aromatic rings. The maximum absolute atomic E-state index is 12.6. The third-order valence-electron chi connectivity index (χ3n) is 5.17. The predicted octanol–water partition coefficient (Wildman–Crippen LogP) is 3.24. The topological polar surface area (TPSA) is 38.8 Å². The number of carbonyl (C=O) groups is 1. The van der Waals surface area contributed by atoms with Crippen LogP contribution in [0.2, 0.25) is 0 Å². The summed E-state index contributed by atoms with van der Waals surface area (Å²) in [5.74, 6) is 2.72. The molecule has 1 unspecified atom stereocenters. The molecule has 0 spiro atoms. The van der Waals surface area contributed by atoms with E-state index in [-0.39, 0.29) is 12.0 Å². The zero-order valence-electron chi connectivity index (χ0n) is 14.6. The summed E-state index contributed by atoms with van der Waals surface area (Å²) in [7, 11) is 3.33. The van der Waals surface area contributed by atoms with Crippen molar-refractivity contribution < 1.29 is 14.3 Å². The number of nitrogens with zero attached hydrogens (tertiary/aromatic N) is 1. The zero-order valence-corrected chi connectivity index (χ0v) is 14.6. The molecule has 0 bridgehead atoms. The molecule has 23 heavy (non-hydrogen) atoms. The molecule has 2 heterocycles. The Labute approximate surface area is 138 Å². The molecule has 3 rings (SSSR count). The van der Waals surface area contributed by atoms with Crippen LogP contribution in [0.5, 0.6) is 11.5 Å². The molecule has 0 aromatic heterocycles. The number of carbonyl (C=O) groups excluding carboxylic acids is 1. The van der Waals surface area contributed by atoms with E-state index in [4.69, 9.17) is 9.47 Å². The molecule has 126 valence electrons. The Bertz CT molecular complexity index is 597. The van der Waals surface area contributed by atoms with Crippen LogP contribution < -0.4 is 9.47 Å². The standard InChI is InChI=1S/C19H27NO3/c1-12(2)7-14-11-20-6-5-13-8-18(22-3)19(23-4)9-15(13)16(20)10-17(14)21/h8-9,12,14,16H,5-7,10-11H2,1-4H3/t14?,16-/m0/s1. The summed E-state index contributed by atoms with van der Waals surface area (Å²) in [5.41, 5.74) is 2.53. The van der Waals surface area contributed by atoms with Crippen molar-refractivity contribution in [3.8, 4) is 11.5 Å². The van der Waals surface area contributed by atoms with Crippen molar-refractivity contribution in [1.82, 2.24) is 4.90 Å². The summed E-state index contributed by atoms with van der Waals surface area (Å²) >= 11 is 0. The van der Waals surface area contributed by atoms with Crippen LogP contribution in [0, 0.1) is 11.8 Å². The third-order valence-corrected chi connectivity index (χ3v) is 5.17. The summed E-state index contributed by atoms with van der Waals surface area (Å²) < 4.78 is 10.9. The van der Waals surface area contributed by atoms with Gasteiger partial charge in [-0.3, -0.25) is 9.69 Å². The zero-order chi connectivity index (χ0) is 16.6. The number of hydrogen-bond acceptors (Lipinski definition) is 4. The Morgan fingerprint density at radius 1 is 1.22 bits per heavy atom. The Hall–Kier alpha value is -1.55. The fourth-order valence-electron chi connectivity index (χ4n) is 4.05. The van der Waals surface area contributed by atoms with Gasteiger partial charge in [0.25, 0.3) is 0 Å². The van der Waals surface area contributed by atoms with E-state index in [0.29, 0.717) is 18.1 Å². The quantitative estimate of drug-likeness (QED) is 0.854. The SMILES string of the molecule is COc1cc2c(cc1OC)[C@@H]1CC(=O)C(CC(C)C)CN1CC2. The maximum Gasteiger partial charge on any atom is 0.161 e. The van der Waals surface area contributed by atoms with Crippen LogP contribution in [0.25, 0.3) is 0 Å². The number of fused-ring (bicyclic) bond motifs is 3. The average Bonchev–Trinajstić information content (AvgIpc) is 2.53. The number of ketones is 1. The highest BCUT2D eigenvalue weighted by Crippen LogP contribution is 2.42. The highest BCUT2D eigenvalue weighted by molar-refractivity contribution is 5.83. The van der Waals surface area contributed by atoms with Gasteiger partial charge in [0, 0.05) is 31.5 Å². The third kappa shape index (κ3) is 3.09. The van der Waals surface area contributed by atoms with Gasteiger partial charge in [-0.2, -0.15) is 0 Å². The molecule has 4 heteroatoms. The molecule has 0 saturated carbocycles. The average molecular weight is 317 g/mol. The van der Waals surface area contributed by atoms with E-state index in [9.17, 15) is 4.79 Å². The lowest BCUT2D eigenvalue weighted by atomic mass is 9.80. The number of ether oxygens (including phenoxy) is 2. The minimum absolute atomic E-state index is 0.202.